The number of ether oxygens (including phenoxy) is 1. The molecule has 0 unspecified atom stereocenters. The standard InChI is InChI=1S/C13H20N4O2/c1-13(2,3)15-7-11-10(5-6-18-11)8-19-12-14-9-17(4)16-12/h5-6,9,15H,7-8H2,1-4H3. The SMILES string of the molecule is Cn1cnc(OCc2ccoc2CNC(C)(C)C)n1. The minimum absolute atomic E-state index is 0.0491. The Balaban J connectivity index is 1.92. The van der Waals surface area contributed by atoms with Crippen molar-refractivity contribution in [3.05, 3.63) is 30.0 Å². The van der Waals surface area contributed by atoms with Crippen molar-refractivity contribution in [1.82, 2.24) is 20.1 Å². The van der Waals surface area contributed by atoms with Crippen LogP contribution in [-0.4, -0.2) is 20.3 Å². The van der Waals surface area contributed by atoms with Gasteiger partial charge in [0.05, 0.1) is 12.8 Å². The van der Waals surface area contributed by atoms with E-state index < -0.39 is 0 Å². The lowest BCUT2D eigenvalue weighted by Crippen LogP contribution is -2.35. The maximum absolute atomic E-state index is 5.51. The molecule has 0 bridgehead atoms. The van der Waals surface area contributed by atoms with Crippen LogP contribution in [0, 0.1) is 0 Å². The summed E-state index contributed by atoms with van der Waals surface area (Å²) in [7, 11) is 1.80. The van der Waals surface area contributed by atoms with Crippen molar-refractivity contribution in [2.24, 2.45) is 7.05 Å². The Labute approximate surface area is 112 Å². The van der Waals surface area contributed by atoms with Crippen LogP contribution in [0.5, 0.6) is 6.01 Å². The van der Waals surface area contributed by atoms with Gasteiger partial charge in [0.15, 0.2) is 0 Å². The second kappa shape index (κ2) is 5.44. The smallest absolute Gasteiger partial charge is 0.335 e. The average Bonchev–Trinajstić information content (AvgIpc) is 2.91. The first kappa shape index (κ1) is 13.6. The molecule has 104 valence electrons. The third-order valence-corrected chi connectivity index (χ3v) is 2.55. The topological polar surface area (TPSA) is 65.1 Å². The van der Waals surface area contributed by atoms with Crippen molar-refractivity contribution in [2.45, 2.75) is 39.5 Å². The van der Waals surface area contributed by atoms with Gasteiger partial charge in [-0.2, -0.15) is 4.98 Å². The van der Waals surface area contributed by atoms with Crippen molar-refractivity contribution in [3.8, 4) is 6.01 Å². The van der Waals surface area contributed by atoms with Crippen LogP contribution in [-0.2, 0) is 20.2 Å². The molecule has 0 aliphatic heterocycles. The second-order valence-electron chi connectivity index (χ2n) is 5.46. The van der Waals surface area contributed by atoms with Crippen LogP contribution in [0.1, 0.15) is 32.1 Å². The van der Waals surface area contributed by atoms with E-state index in [2.05, 4.69) is 36.2 Å². The third-order valence-electron chi connectivity index (χ3n) is 2.55. The van der Waals surface area contributed by atoms with Crippen LogP contribution in [0.4, 0.5) is 0 Å². The molecule has 2 aromatic rings. The summed E-state index contributed by atoms with van der Waals surface area (Å²) in [6.07, 6.45) is 3.27. The average molecular weight is 264 g/mol. The lowest BCUT2D eigenvalue weighted by atomic mass is 10.1. The van der Waals surface area contributed by atoms with Crippen LogP contribution in [0.3, 0.4) is 0 Å². The summed E-state index contributed by atoms with van der Waals surface area (Å²) in [5, 5.41) is 7.44. The van der Waals surface area contributed by atoms with Gasteiger partial charge in [0, 0.05) is 18.2 Å². The molecule has 6 nitrogen and oxygen atoms in total. The quantitative estimate of drug-likeness (QED) is 0.893. The van der Waals surface area contributed by atoms with Crippen LogP contribution >= 0.6 is 0 Å². The number of aryl methyl sites for hydroxylation is 1. The molecule has 2 heterocycles. The Morgan fingerprint density at radius 1 is 1.42 bits per heavy atom. The fourth-order valence-electron chi connectivity index (χ4n) is 1.52. The molecular weight excluding hydrogens is 244 g/mol. The van der Waals surface area contributed by atoms with E-state index in [-0.39, 0.29) is 5.54 Å². The molecule has 2 rings (SSSR count). The number of rotatable bonds is 5. The molecule has 2 aromatic heterocycles. The first-order valence-electron chi connectivity index (χ1n) is 6.23. The maximum atomic E-state index is 5.51. The highest BCUT2D eigenvalue weighted by Crippen LogP contribution is 2.14. The van der Waals surface area contributed by atoms with E-state index in [1.165, 1.54) is 0 Å². The summed E-state index contributed by atoms with van der Waals surface area (Å²) < 4.78 is 12.6. The van der Waals surface area contributed by atoms with Crippen molar-refractivity contribution < 1.29 is 9.15 Å². The number of furan rings is 1. The van der Waals surface area contributed by atoms with Crippen LogP contribution in [0.2, 0.25) is 0 Å². The summed E-state index contributed by atoms with van der Waals surface area (Å²) in [6.45, 7) is 7.42. The first-order chi connectivity index (χ1) is 8.94. The number of nitrogens with one attached hydrogen (secondary N) is 1. The minimum atomic E-state index is 0.0491. The summed E-state index contributed by atoms with van der Waals surface area (Å²) >= 11 is 0. The zero-order valence-corrected chi connectivity index (χ0v) is 11.8. The number of aromatic nitrogens is 3. The minimum Gasteiger partial charge on any atom is -0.468 e. The number of nitrogens with zero attached hydrogens (tertiary/aromatic N) is 3. The van der Waals surface area contributed by atoms with E-state index in [0.717, 1.165) is 11.3 Å². The molecule has 1 N–H and O–H groups in total. The van der Waals surface area contributed by atoms with E-state index in [9.17, 15) is 0 Å². The first-order valence-corrected chi connectivity index (χ1v) is 6.23. The molecule has 6 heteroatoms. The highest BCUT2D eigenvalue weighted by atomic mass is 16.5. The molecule has 0 radical (unpaired) electrons. The van der Waals surface area contributed by atoms with Gasteiger partial charge in [0.2, 0.25) is 0 Å². The molecule has 0 fully saturated rings. The molecule has 0 spiro atoms. The van der Waals surface area contributed by atoms with Crippen LogP contribution < -0.4 is 10.1 Å². The second-order valence-corrected chi connectivity index (χ2v) is 5.46. The van der Waals surface area contributed by atoms with Crippen LogP contribution in [0.25, 0.3) is 0 Å². The molecule has 0 amide bonds. The monoisotopic (exact) mass is 264 g/mol. The van der Waals surface area contributed by atoms with Gasteiger partial charge in [-0.25, -0.2) is 0 Å². The van der Waals surface area contributed by atoms with Gasteiger partial charge in [-0.15, -0.1) is 5.10 Å². The van der Waals surface area contributed by atoms with Gasteiger partial charge in [0.1, 0.15) is 18.7 Å². The Morgan fingerprint density at radius 3 is 2.84 bits per heavy atom. The van der Waals surface area contributed by atoms with Gasteiger partial charge in [0.25, 0.3) is 0 Å². The summed E-state index contributed by atoms with van der Waals surface area (Å²) in [5.41, 5.74) is 1.05. The number of hydrogen-bond acceptors (Lipinski definition) is 5. The molecule has 19 heavy (non-hydrogen) atoms. The molecule has 0 saturated heterocycles. The number of hydrogen-bond donors (Lipinski definition) is 1. The molecular formula is C13H20N4O2. The molecule has 0 aliphatic rings. The van der Waals surface area contributed by atoms with Crippen molar-refractivity contribution in [3.63, 3.8) is 0 Å². The molecule has 0 aromatic carbocycles. The predicted octanol–water partition coefficient (Wildman–Crippen LogP) is 1.88. The van der Waals surface area contributed by atoms with E-state index in [0.29, 0.717) is 19.2 Å². The normalized spacial score (nSPS) is 11.8. The summed E-state index contributed by atoms with van der Waals surface area (Å²) in [6, 6.07) is 2.28. The lowest BCUT2D eigenvalue weighted by molar-refractivity contribution is 0.275. The van der Waals surface area contributed by atoms with E-state index in [1.807, 2.05) is 6.07 Å². The van der Waals surface area contributed by atoms with E-state index in [1.54, 1.807) is 24.3 Å². The Bertz CT molecular complexity index is 525. The van der Waals surface area contributed by atoms with Gasteiger partial charge >= 0.3 is 6.01 Å². The summed E-state index contributed by atoms with van der Waals surface area (Å²) in [4.78, 5) is 4.01. The molecule has 0 aliphatic carbocycles. The highest BCUT2D eigenvalue weighted by Gasteiger charge is 2.13. The summed E-state index contributed by atoms with van der Waals surface area (Å²) in [5.74, 6) is 0.880. The van der Waals surface area contributed by atoms with Gasteiger partial charge < -0.3 is 14.5 Å². The third kappa shape index (κ3) is 4.10. The molecule has 0 saturated carbocycles. The van der Waals surface area contributed by atoms with Crippen molar-refractivity contribution in [2.75, 3.05) is 0 Å². The predicted molar refractivity (Wildman–Crippen MR) is 70.6 cm³/mol. The zero-order valence-electron chi connectivity index (χ0n) is 11.8. The Morgan fingerprint density at radius 2 is 2.21 bits per heavy atom. The van der Waals surface area contributed by atoms with E-state index in [4.69, 9.17) is 9.15 Å². The fraction of sp³-hybridized carbons (Fsp3) is 0.538. The lowest BCUT2D eigenvalue weighted by Gasteiger charge is -2.19. The fourth-order valence-corrected chi connectivity index (χ4v) is 1.52. The Kier molecular flexibility index (Phi) is 3.90. The van der Waals surface area contributed by atoms with E-state index >= 15 is 0 Å². The van der Waals surface area contributed by atoms with Crippen LogP contribution in [0.15, 0.2) is 23.1 Å². The molecule has 0 atom stereocenters. The van der Waals surface area contributed by atoms with Gasteiger partial charge in [-0.3, -0.25) is 4.68 Å². The highest BCUT2D eigenvalue weighted by molar-refractivity contribution is 5.16. The maximum Gasteiger partial charge on any atom is 0.335 e. The van der Waals surface area contributed by atoms with Crippen molar-refractivity contribution >= 4 is 0 Å². The largest absolute Gasteiger partial charge is 0.468 e. The van der Waals surface area contributed by atoms with Gasteiger partial charge in [-0.05, 0) is 26.8 Å². The Hall–Kier alpha value is -1.82. The van der Waals surface area contributed by atoms with Crippen molar-refractivity contribution in [1.29, 1.82) is 0 Å². The van der Waals surface area contributed by atoms with Gasteiger partial charge in [-0.1, -0.05) is 0 Å². The zero-order chi connectivity index (χ0) is 13.9.